The van der Waals surface area contributed by atoms with Crippen LogP contribution >= 0.6 is 0 Å². The molecule has 0 N–H and O–H groups in total. The van der Waals surface area contributed by atoms with E-state index in [4.69, 9.17) is 85.3 Å². The molecule has 4 fully saturated rings. The number of ether oxygens (including phenoxy) is 18. The Bertz CT molecular complexity index is 5460. The van der Waals surface area contributed by atoms with Crippen molar-refractivity contribution < 1.29 is 85.3 Å². The van der Waals surface area contributed by atoms with Gasteiger partial charge in [0.2, 0.25) is 27.2 Å². The molecule has 14 aromatic carbocycles. The molecule has 4 aliphatic rings. The lowest BCUT2D eigenvalue weighted by Crippen LogP contribution is -2.46. The lowest BCUT2D eigenvalue weighted by Gasteiger charge is -2.40. The first-order valence-electron chi connectivity index (χ1n) is 42.7. The molecule has 18 nitrogen and oxygen atoms in total. The SMILES string of the molecule is CCC1(COCOc2ccc(OCOc3ccc4ccccc4c3-c3c(OCOc4ccc(OCOCC5(CC)COC5)cc4)ccc4ccccc34)cc2)COC1.CCC1(COc2ccc(-c3ccc(OCOc4ccc5ccccc5c4-c4c(OCOc5ccc(-c6ccc(OCC7(CC)COC7)cc6)cc5)ccc5ccccc45)cc3)cc2)COC1. The summed E-state index contributed by atoms with van der Waals surface area (Å²) in [6.07, 6.45) is 4.14. The van der Waals surface area contributed by atoms with E-state index in [0.29, 0.717) is 83.9 Å². The summed E-state index contributed by atoms with van der Waals surface area (Å²) in [7, 11) is 0. The van der Waals surface area contributed by atoms with E-state index in [1.165, 1.54) is 0 Å². The van der Waals surface area contributed by atoms with Gasteiger partial charge in [-0.25, -0.2) is 0 Å². The molecule has 4 heterocycles. The van der Waals surface area contributed by atoms with Crippen molar-refractivity contribution in [2.45, 2.75) is 53.4 Å². The number of hydrogen-bond acceptors (Lipinski definition) is 18. The van der Waals surface area contributed by atoms with Crippen molar-refractivity contribution in [1.29, 1.82) is 0 Å². The fourth-order valence-corrected chi connectivity index (χ4v) is 15.7. The molecule has 0 unspecified atom stereocenters. The van der Waals surface area contributed by atoms with Gasteiger partial charge >= 0.3 is 0 Å². The van der Waals surface area contributed by atoms with Gasteiger partial charge in [-0.1, -0.05) is 198 Å². The Labute approximate surface area is 724 Å². The van der Waals surface area contributed by atoms with Crippen molar-refractivity contribution in [3.8, 4) is 114 Å². The number of rotatable bonds is 40. The van der Waals surface area contributed by atoms with Crippen LogP contribution in [-0.4, -0.2) is 120 Å². The third kappa shape index (κ3) is 19.7. The number of hydrogen-bond donors (Lipinski definition) is 0. The summed E-state index contributed by atoms with van der Waals surface area (Å²) < 4.78 is 108. The van der Waals surface area contributed by atoms with E-state index in [1.807, 2.05) is 158 Å². The number of benzene rings is 14. The smallest absolute Gasteiger partial charge is 0.230 e. The first-order chi connectivity index (χ1) is 61.0. The molecular formula is C106H104O18. The molecule has 18 rings (SSSR count). The number of fused-ring (bicyclic) bond motifs is 4. The largest absolute Gasteiger partial charge is 0.493 e. The van der Waals surface area contributed by atoms with E-state index in [2.05, 4.69) is 161 Å². The second-order valence-corrected chi connectivity index (χ2v) is 32.5. The summed E-state index contributed by atoms with van der Waals surface area (Å²) in [6.45, 7) is 17.7. The molecule has 0 amide bonds. The predicted molar refractivity (Wildman–Crippen MR) is 483 cm³/mol. The second kappa shape index (κ2) is 39.3. The van der Waals surface area contributed by atoms with Crippen LogP contribution in [0, 0.1) is 21.7 Å². The summed E-state index contributed by atoms with van der Waals surface area (Å²) in [5.74, 6) is 8.50. The van der Waals surface area contributed by atoms with E-state index in [0.717, 1.165) is 178 Å². The maximum absolute atomic E-state index is 6.53. The minimum absolute atomic E-state index is 0.00836. The van der Waals surface area contributed by atoms with Crippen molar-refractivity contribution in [3.05, 3.63) is 291 Å². The minimum Gasteiger partial charge on any atom is -0.493 e. The molecule has 0 bridgehead atoms. The van der Waals surface area contributed by atoms with Gasteiger partial charge in [0.05, 0.1) is 90.1 Å². The van der Waals surface area contributed by atoms with Gasteiger partial charge in [0, 0.05) is 33.1 Å². The lowest BCUT2D eigenvalue weighted by atomic mass is 9.84. The Morgan fingerprint density at radius 2 is 0.403 bits per heavy atom. The van der Waals surface area contributed by atoms with Crippen LogP contribution in [0.2, 0.25) is 0 Å². The molecule has 0 aliphatic carbocycles. The van der Waals surface area contributed by atoms with Crippen molar-refractivity contribution in [2.24, 2.45) is 21.7 Å². The zero-order valence-corrected chi connectivity index (χ0v) is 70.6. The van der Waals surface area contributed by atoms with Crippen molar-refractivity contribution >= 4 is 43.1 Å². The summed E-state index contributed by atoms with van der Waals surface area (Å²) in [6, 6.07) is 96.9. The zero-order chi connectivity index (χ0) is 84.4. The van der Waals surface area contributed by atoms with Gasteiger partial charge in [-0.2, -0.15) is 0 Å². The summed E-state index contributed by atoms with van der Waals surface area (Å²) >= 11 is 0. The van der Waals surface area contributed by atoms with Gasteiger partial charge in [-0.3, -0.25) is 0 Å². The predicted octanol–water partition coefficient (Wildman–Crippen LogP) is 23.5. The molecule has 4 saturated heterocycles. The van der Waals surface area contributed by atoms with Crippen LogP contribution < -0.4 is 56.8 Å². The monoisotopic (exact) mass is 1660 g/mol. The summed E-state index contributed by atoms with van der Waals surface area (Å²) in [5, 5.41) is 8.42. The van der Waals surface area contributed by atoms with Crippen molar-refractivity contribution in [1.82, 2.24) is 0 Å². The molecule has 14 aromatic rings. The topological polar surface area (TPSA) is 166 Å². The van der Waals surface area contributed by atoms with Gasteiger partial charge in [0.15, 0.2) is 13.6 Å². The fraction of sp³-hybridized carbons (Fsp3) is 0.283. The van der Waals surface area contributed by atoms with Gasteiger partial charge in [-0.15, -0.1) is 0 Å². The fourth-order valence-electron chi connectivity index (χ4n) is 15.7. The highest BCUT2D eigenvalue weighted by atomic mass is 16.7. The average Bonchev–Trinajstić information content (AvgIpc) is 0.755. The molecule has 0 aromatic heterocycles. The van der Waals surface area contributed by atoms with Crippen LogP contribution in [0.15, 0.2) is 291 Å². The van der Waals surface area contributed by atoms with E-state index in [1.54, 1.807) is 0 Å². The Balaban J connectivity index is 0.000000177. The van der Waals surface area contributed by atoms with Gasteiger partial charge in [0.25, 0.3) is 0 Å². The van der Waals surface area contributed by atoms with Crippen LogP contribution in [-0.2, 0) is 28.4 Å². The van der Waals surface area contributed by atoms with E-state index in [9.17, 15) is 0 Å². The molecule has 4 aliphatic heterocycles. The Morgan fingerprint density at radius 1 is 0.202 bits per heavy atom. The molecular weight excluding hydrogens is 1560 g/mol. The summed E-state index contributed by atoms with van der Waals surface area (Å²) in [5.41, 5.74) is 8.52. The van der Waals surface area contributed by atoms with Gasteiger partial charge < -0.3 is 85.3 Å². The highest BCUT2D eigenvalue weighted by molar-refractivity contribution is 6.11. The van der Waals surface area contributed by atoms with Crippen LogP contribution in [0.25, 0.3) is 87.6 Å². The molecule has 0 atom stereocenters. The van der Waals surface area contributed by atoms with Crippen LogP contribution in [0.3, 0.4) is 0 Å². The van der Waals surface area contributed by atoms with Gasteiger partial charge in [-0.05, 0) is 212 Å². The third-order valence-corrected chi connectivity index (χ3v) is 24.3. The Kier molecular flexibility index (Phi) is 26.6. The first kappa shape index (κ1) is 83.7. The van der Waals surface area contributed by atoms with Crippen molar-refractivity contribution in [2.75, 3.05) is 120 Å². The minimum atomic E-state index is -0.0137. The summed E-state index contributed by atoms with van der Waals surface area (Å²) in [4.78, 5) is 0. The highest BCUT2D eigenvalue weighted by Crippen LogP contribution is 2.49. The Hall–Kier alpha value is -12.5. The van der Waals surface area contributed by atoms with E-state index in [-0.39, 0.29) is 62.4 Å². The molecule has 124 heavy (non-hydrogen) atoms. The van der Waals surface area contributed by atoms with Gasteiger partial charge in [0.1, 0.15) is 69.0 Å². The lowest BCUT2D eigenvalue weighted by molar-refractivity contribution is -0.162. The highest BCUT2D eigenvalue weighted by Gasteiger charge is 2.40. The molecule has 636 valence electrons. The Morgan fingerprint density at radius 3 is 0.621 bits per heavy atom. The first-order valence-corrected chi connectivity index (χ1v) is 42.7. The zero-order valence-electron chi connectivity index (χ0n) is 70.6. The van der Waals surface area contributed by atoms with E-state index < -0.39 is 0 Å². The van der Waals surface area contributed by atoms with Crippen LogP contribution in [0.1, 0.15) is 53.4 Å². The molecule has 18 heteroatoms. The van der Waals surface area contributed by atoms with Crippen LogP contribution in [0.4, 0.5) is 0 Å². The van der Waals surface area contributed by atoms with Crippen molar-refractivity contribution in [3.63, 3.8) is 0 Å². The van der Waals surface area contributed by atoms with E-state index >= 15 is 0 Å². The molecule has 0 saturated carbocycles. The third-order valence-electron chi connectivity index (χ3n) is 24.3. The normalized spacial score (nSPS) is 15.0. The molecule has 0 spiro atoms. The standard InChI is InChI=1S/C58H54O8.C48H50O10/c1-3-57(33-59-34-57)37-61-47-23-13-41(14-24-47)43-17-27-49(28-18-43)63-39-65-53-31-21-45-9-5-7-11-51(45)55(53)56-52-12-8-6-10-46(52)22-32-54(56)66-40-64-50-29-19-44(20-30-50)42-15-25-48(26-16-42)62-38-58(4-2)35-60-36-58;1-3-47(25-49-26-47)29-51-31-53-37-15-19-39(20-16-37)55-33-57-43-23-13-35-9-5-7-11-41(35)45(43)46-42-12-8-6-10-36(42)14-24-44(46)58-34-56-40-21-17-38(18-22-40)54-32-52-30-48(4-2)27-50-28-48/h5-32H,3-4,33-40H2,1-2H3;5-24H,3-4,25-34H2,1-2H3. The quantitative estimate of drug-likeness (QED) is 0.0263. The molecule has 0 radical (unpaired) electrons. The van der Waals surface area contributed by atoms with Crippen LogP contribution in [0.5, 0.6) is 69.0 Å². The average molecular weight is 1670 g/mol. The second-order valence-electron chi connectivity index (χ2n) is 32.5. The maximum Gasteiger partial charge on any atom is 0.230 e. The maximum atomic E-state index is 6.53.